The van der Waals surface area contributed by atoms with Crippen LogP contribution in [0.4, 0.5) is 0 Å². The fourth-order valence-electron chi connectivity index (χ4n) is 5.08. The van der Waals surface area contributed by atoms with Gasteiger partial charge in [0.2, 0.25) is 0 Å². The highest BCUT2D eigenvalue weighted by Gasteiger charge is 2.47. The second-order valence-electron chi connectivity index (χ2n) is 12.3. The third-order valence-corrected chi connectivity index (χ3v) is 13.4. The molecule has 1 saturated heterocycles. The minimum atomic E-state index is -4.65. The second-order valence-corrected chi connectivity index (χ2v) is 18.7. The van der Waals surface area contributed by atoms with E-state index >= 15 is 0 Å². The molecule has 1 aliphatic heterocycles. The van der Waals surface area contributed by atoms with Crippen LogP contribution in [0.1, 0.15) is 22.3 Å². The maximum Gasteiger partial charge on any atom is 0.297 e. The van der Waals surface area contributed by atoms with E-state index < -0.39 is 84.9 Å². The molecule has 14 nitrogen and oxygen atoms in total. The SMILES string of the molecule is Cc1ccc(S(=O)(=O)OC[C@H](OS(=O)(=O)c2ccc(C)cc2)[C@@H]2OCO[C@H]2[C@H](COS(=O)(=O)c2ccc(C)cc2)OS(=O)(=O)c2ccc(C)cc2)cc1. The number of rotatable bonds is 16. The van der Waals surface area contributed by atoms with Gasteiger partial charge in [0.25, 0.3) is 40.5 Å². The molecule has 1 fully saturated rings. The standard InChI is InChI=1S/C35H38O14S4/c1-24-5-13-28(14-6-24)50(36,37)46-21-32(48-52(40,41)30-17-9-26(3)10-18-30)34-35(45-23-44-34)33(49-53(42,43)31-19-11-27(4)12-20-31)22-47-51(38,39)29-15-7-25(2)8-16-29/h5-20,32-35H,21-23H2,1-4H3/t32-,33-,34-,35-/m0/s1. The van der Waals surface area contributed by atoms with Crippen molar-refractivity contribution in [3.8, 4) is 0 Å². The lowest BCUT2D eigenvalue weighted by molar-refractivity contribution is -0.0368. The van der Waals surface area contributed by atoms with Gasteiger partial charge in [-0.1, -0.05) is 70.8 Å². The van der Waals surface area contributed by atoms with Gasteiger partial charge < -0.3 is 9.47 Å². The summed E-state index contributed by atoms with van der Waals surface area (Å²) in [6.07, 6.45) is -6.88. The highest BCUT2D eigenvalue weighted by molar-refractivity contribution is 7.87. The summed E-state index contributed by atoms with van der Waals surface area (Å²) in [7, 11) is -18.3. The third kappa shape index (κ3) is 10.4. The van der Waals surface area contributed by atoms with Crippen molar-refractivity contribution < 1.29 is 59.9 Å². The minimum Gasteiger partial charge on any atom is -0.346 e. The Bertz CT molecular complexity index is 2140. The van der Waals surface area contributed by atoms with E-state index in [2.05, 4.69) is 0 Å². The molecule has 1 heterocycles. The first-order valence-electron chi connectivity index (χ1n) is 16.0. The maximum absolute atomic E-state index is 13.5. The van der Waals surface area contributed by atoms with Crippen LogP contribution in [0.3, 0.4) is 0 Å². The van der Waals surface area contributed by atoms with Gasteiger partial charge in [0.05, 0.1) is 32.8 Å². The average Bonchev–Trinajstić information content (AvgIpc) is 3.59. The van der Waals surface area contributed by atoms with E-state index in [1.807, 2.05) is 0 Å². The lowest BCUT2D eigenvalue weighted by Gasteiger charge is -2.30. The second kappa shape index (κ2) is 16.4. The van der Waals surface area contributed by atoms with Gasteiger partial charge in [-0.3, -0.25) is 16.7 Å². The first-order chi connectivity index (χ1) is 24.9. The Kier molecular flexibility index (Phi) is 12.6. The molecule has 0 saturated carbocycles. The Balaban J connectivity index is 1.51. The Morgan fingerprint density at radius 3 is 0.962 bits per heavy atom. The molecule has 286 valence electrons. The van der Waals surface area contributed by atoms with E-state index in [1.165, 1.54) is 97.1 Å². The maximum atomic E-state index is 13.5. The summed E-state index contributed by atoms with van der Waals surface area (Å²) >= 11 is 0. The van der Waals surface area contributed by atoms with E-state index in [0.29, 0.717) is 0 Å². The van der Waals surface area contributed by atoms with Crippen LogP contribution in [-0.2, 0) is 66.7 Å². The van der Waals surface area contributed by atoms with E-state index in [-0.39, 0.29) is 19.6 Å². The molecule has 0 unspecified atom stereocenters. The van der Waals surface area contributed by atoms with Crippen molar-refractivity contribution in [2.45, 2.75) is 71.7 Å². The van der Waals surface area contributed by atoms with Gasteiger partial charge in [0.15, 0.2) is 0 Å². The summed E-state index contributed by atoms with van der Waals surface area (Å²) in [5, 5.41) is 0. The van der Waals surface area contributed by atoms with Crippen molar-refractivity contribution >= 4 is 40.5 Å². The summed E-state index contributed by atoms with van der Waals surface area (Å²) in [6.45, 7) is 4.47. The van der Waals surface area contributed by atoms with E-state index in [1.54, 1.807) is 27.7 Å². The predicted octanol–water partition coefficient (Wildman–Crippen LogP) is 4.32. The number of hydrogen-bond acceptors (Lipinski definition) is 14. The van der Waals surface area contributed by atoms with Crippen molar-refractivity contribution in [2.24, 2.45) is 0 Å². The summed E-state index contributed by atoms with van der Waals surface area (Å²) in [5.41, 5.74) is 3.03. The molecule has 0 aromatic heterocycles. The number of benzene rings is 4. The smallest absolute Gasteiger partial charge is 0.297 e. The van der Waals surface area contributed by atoms with Crippen LogP contribution >= 0.6 is 0 Å². The van der Waals surface area contributed by atoms with Crippen molar-refractivity contribution in [1.82, 2.24) is 0 Å². The monoisotopic (exact) mass is 810 g/mol. The van der Waals surface area contributed by atoms with Gasteiger partial charge in [-0.25, -0.2) is 0 Å². The lowest BCUT2D eigenvalue weighted by atomic mass is 10.0. The van der Waals surface area contributed by atoms with Crippen molar-refractivity contribution in [1.29, 1.82) is 0 Å². The van der Waals surface area contributed by atoms with Crippen LogP contribution in [0.25, 0.3) is 0 Å². The molecule has 18 heteroatoms. The zero-order chi connectivity index (χ0) is 38.6. The molecule has 0 N–H and O–H groups in total. The summed E-state index contributed by atoms with van der Waals surface area (Å²) in [6, 6.07) is 22.5. The van der Waals surface area contributed by atoms with Crippen molar-refractivity contribution in [3.63, 3.8) is 0 Å². The number of hydrogen-bond donors (Lipinski definition) is 0. The van der Waals surface area contributed by atoms with E-state index in [4.69, 9.17) is 26.2 Å². The number of ether oxygens (including phenoxy) is 2. The molecule has 1 aliphatic rings. The lowest BCUT2D eigenvalue weighted by Crippen LogP contribution is -2.49. The Morgan fingerprint density at radius 2 is 0.698 bits per heavy atom. The fourth-order valence-corrected chi connectivity index (χ4v) is 9.06. The van der Waals surface area contributed by atoms with Crippen LogP contribution in [0.5, 0.6) is 0 Å². The molecular weight excluding hydrogens is 773 g/mol. The van der Waals surface area contributed by atoms with Crippen LogP contribution in [-0.4, -0.2) is 78.1 Å². The van der Waals surface area contributed by atoms with Crippen molar-refractivity contribution in [3.05, 3.63) is 119 Å². The molecule has 4 atom stereocenters. The molecule has 4 aromatic rings. The zero-order valence-electron chi connectivity index (χ0n) is 29.0. The Hall–Kier alpha value is -3.56. The summed E-state index contributed by atoms with van der Waals surface area (Å²) < 4.78 is 140. The zero-order valence-corrected chi connectivity index (χ0v) is 32.3. The molecule has 0 spiro atoms. The minimum absolute atomic E-state index is 0.233. The van der Waals surface area contributed by atoms with Crippen LogP contribution in [0.2, 0.25) is 0 Å². The van der Waals surface area contributed by atoms with Gasteiger partial charge in [-0.15, -0.1) is 0 Å². The average molecular weight is 811 g/mol. The van der Waals surface area contributed by atoms with Gasteiger partial charge in [0, 0.05) is 0 Å². The van der Waals surface area contributed by atoms with Crippen LogP contribution in [0, 0.1) is 27.7 Å². The molecule has 0 bridgehead atoms. The fraction of sp³-hybridized carbons (Fsp3) is 0.314. The largest absolute Gasteiger partial charge is 0.346 e. The van der Waals surface area contributed by atoms with Crippen molar-refractivity contribution in [2.75, 3.05) is 20.0 Å². The number of aryl methyl sites for hydroxylation is 4. The molecular formula is C35H38O14S4. The third-order valence-electron chi connectivity index (χ3n) is 8.09. The molecule has 0 amide bonds. The first kappa shape index (κ1) is 40.6. The van der Waals surface area contributed by atoms with Gasteiger partial charge in [-0.05, 0) is 76.2 Å². The first-order valence-corrected chi connectivity index (χ1v) is 21.6. The normalized spacial score (nSPS) is 18.1. The topological polar surface area (TPSA) is 192 Å². The molecule has 0 radical (unpaired) electrons. The quantitative estimate of drug-likeness (QED) is 0.145. The molecule has 4 aromatic carbocycles. The Morgan fingerprint density at radius 1 is 0.453 bits per heavy atom. The van der Waals surface area contributed by atoms with Gasteiger partial charge >= 0.3 is 0 Å². The molecule has 5 rings (SSSR count). The highest BCUT2D eigenvalue weighted by Crippen LogP contribution is 2.30. The molecule has 0 aliphatic carbocycles. The van der Waals surface area contributed by atoms with E-state index in [0.717, 1.165) is 22.3 Å². The summed E-state index contributed by atoms with van der Waals surface area (Å²) in [4.78, 5) is -1.04. The van der Waals surface area contributed by atoms with E-state index in [9.17, 15) is 33.7 Å². The predicted molar refractivity (Wildman–Crippen MR) is 190 cm³/mol. The van der Waals surface area contributed by atoms with Gasteiger partial charge in [0.1, 0.15) is 31.2 Å². The summed E-state index contributed by atoms with van der Waals surface area (Å²) in [5.74, 6) is 0. The molecule has 53 heavy (non-hydrogen) atoms. The van der Waals surface area contributed by atoms with Crippen LogP contribution in [0.15, 0.2) is 117 Å². The highest BCUT2D eigenvalue weighted by atomic mass is 32.2. The Labute approximate surface area is 310 Å². The van der Waals surface area contributed by atoms with Gasteiger partial charge in [-0.2, -0.15) is 33.7 Å². The van der Waals surface area contributed by atoms with Crippen LogP contribution < -0.4 is 0 Å².